The number of nitrogens with zero attached hydrogens (tertiary/aromatic N) is 4. The van der Waals surface area contributed by atoms with Gasteiger partial charge in [-0.15, -0.1) is 0 Å². The maximum atomic E-state index is 12.4. The number of furan rings is 1. The van der Waals surface area contributed by atoms with Crippen molar-refractivity contribution in [3.63, 3.8) is 0 Å². The van der Waals surface area contributed by atoms with Crippen LogP contribution in [0, 0.1) is 11.3 Å². The van der Waals surface area contributed by atoms with Gasteiger partial charge in [-0.3, -0.25) is 4.68 Å². The molecule has 0 spiro atoms. The van der Waals surface area contributed by atoms with Crippen LogP contribution in [0.1, 0.15) is 19.3 Å². The number of hydrogen-bond donors (Lipinski definition) is 0. The lowest BCUT2D eigenvalue weighted by atomic mass is 9.86. The first-order valence-electron chi connectivity index (χ1n) is 6.99. The summed E-state index contributed by atoms with van der Waals surface area (Å²) in [6.07, 6.45) is 6.24. The molecule has 1 aliphatic rings. The molecule has 2 aromatic heterocycles. The number of nitriles is 1. The molecule has 0 amide bonds. The average molecular weight is 320 g/mol. The van der Waals surface area contributed by atoms with E-state index in [1.54, 1.807) is 16.9 Å². The van der Waals surface area contributed by atoms with Gasteiger partial charge in [-0.25, -0.2) is 8.42 Å². The lowest BCUT2D eigenvalue weighted by Crippen LogP contribution is -2.48. The van der Waals surface area contributed by atoms with Crippen molar-refractivity contribution in [1.29, 1.82) is 5.26 Å². The highest BCUT2D eigenvalue weighted by Gasteiger charge is 2.40. The number of hydrogen-bond acceptors (Lipinski definition) is 5. The number of sulfonamides is 1. The molecular formula is C14H16N4O3S. The zero-order valence-corrected chi connectivity index (χ0v) is 12.7. The van der Waals surface area contributed by atoms with Gasteiger partial charge in [0.2, 0.25) is 5.09 Å². The first-order chi connectivity index (χ1) is 10.6. The minimum atomic E-state index is -3.60. The van der Waals surface area contributed by atoms with Gasteiger partial charge in [0.15, 0.2) is 0 Å². The predicted octanol–water partition coefficient (Wildman–Crippen LogP) is 1.57. The molecule has 0 radical (unpaired) electrons. The third-order valence-electron chi connectivity index (χ3n) is 4.14. The fourth-order valence-corrected chi connectivity index (χ4v) is 4.21. The second kappa shape index (κ2) is 5.59. The van der Waals surface area contributed by atoms with Crippen molar-refractivity contribution in [3.8, 4) is 6.07 Å². The Hall–Kier alpha value is -2.11. The Labute approximate surface area is 128 Å². The third kappa shape index (κ3) is 2.42. The Bertz CT molecular complexity index is 752. The molecule has 1 aliphatic heterocycles. The minimum absolute atomic E-state index is 0.0422. The Balaban J connectivity index is 1.81. The quantitative estimate of drug-likeness (QED) is 0.852. The van der Waals surface area contributed by atoms with Gasteiger partial charge in [-0.2, -0.15) is 14.7 Å². The van der Waals surface area contributed by atoms with Gasteiger partial charge >= 0.3 is 0 Å². The highest BCUT2D eigenvalue weighted by Crippen LogP contribution is 2.34. The van der Waals surface area contributed by atoms with Gasteiger partial charge in [-0.1, -0.05) is 0 Å². The molecule has 0 bridgehead atoms. The molecule has 0 atom stereocenters. The summed E-state index contributed by atoms with van der Waals surface area (Å²) in [4.78, 5) is 0. The third-order valence-corrected chi connectivity index (χ3v) is 5.93. The van der Waals surface area contributed by atoms with Gasteiger partial charge in [0.1, 0.15) is 0 Å². The van der Waals surface area contributed by atoms with Crippen LogP contribution in [0.3, 0.4) is 0 Å². The van der Waals surface area contributed by atoms with Gasteiger partial charge < -0.3 is 4.42 Å². The number of aromatic nitrogens is 2. The summed E-state index contributed by atoms with van der Waals surface area (Å²) < 4.78 is 33.1. The molecule has 1 saturated heterocycles. The number of rotatable bonds is 4. The summed E-state index contributed by atoms with van der Waals surface area (Å²) >= 11 is 0. The van der Waals surface area contributed by atoms with Crippen LogP contribution in [0.2, 0.25) is 0 Å². The van der Waals surface area contributed by atoms with E-state index in [1.165, 1.54) is 16.6 Å². The molecule has 0 N–H and O–H groups in total. The van der Waals surface area contributed by atoms with Crippen LogP contribution in [0.5, 0.6) is 0 Å². The molecule has 2 aromatic rings. The lowest BCUT2D eigenvalue weighted by molar-refractivity contribution is 0.146. The molecular weight excluding hydrogens is 304 g/mol. The highest BCUT2D eigenvalue weighted by molar-refractivity contribution is 7.89. The van der Waals surface area contributed by atoms with Crippen LogP contribution in [0.4, 0.5) is 0 Å². The predicted molar refractivity (Wildman–Crippen MR) is 77.1 cm³/mol. The van der Waals surface area contributed by atoms with Crippen LogP contribution in [0.15, 0.2) is 46.4 Å². The van der Waals surface area contributed by atoms with E-state index in [2.05, 4.69) is 11.2 Å². The van der Waals surface area contributed by atoms with E-state index in [4.69, 9.17) is 9.68 Å². The zero-order valence-electron chi connectivity index (χ0n) is 11.9. The zero-order chi connectivity index (χ0) is 15.6. The molecule has 0 unspecified atom stereocenters. The van der Waals surface area contributed by atoms with E-state index in [0.717, 1.165) is 0 Å². The normalized spacial score (nSPS) is 18.9. The van der Waals surface area contributed by atoms with E-state index < -0.39 is 15.6 Å². The van der Waals surface area contributed by atoms with Crippen LogP contribution in [-0.2, 0) is 15.6 Å². The second-order valence-electron chi connectivity index (χ2n) is 5.35. The molecule has 3 heterocycles. The van der Waals surface area contributed by atoms with Crippen LogP contribution in [-0.4, -0.2) is 35.6 Å². The first kappa shape index (κ1) is 14.8. The molecule has 7 nitrogen and oxygen atoms in total. The summed E-state index contributed by atoms with van der Waals surface area (Å²) in [7, 11) is -3.60. The van der Waals surface area contributed by atoms with E-state index in [1.807, 2.05) is 12.3 Å². The molecule has 8 heteroatoms. The highest BCUT2D eigenvalue weighted by atomic mass is 32.2. The van der Waals surface area contributed by atoms with E-state index in [-0.39, 0.29) is 5.09 Å². The van der Waals surface area contributed by atoms with Crippen LogP contribution < -0.4 is 0 Å². The summed E-state index contributed by atoms with van der Waals surface area (Å²) in [6.45, 7) is 0.676. The Morgan fingerprint density at radius 2 is 2.14 bits per heavy atom. The minimum Gasteiger partial charge on any atom is -0.452 e. The van der Waals surface area contributed by atoms with Gasteiger partial charge in [-0.05, 0) is 31.0 Å². The largest absolute Gasteiger partial charge is 0.452 e. The molecule has 0 aromatic carbocycles. The van der Waals surface area contributed by atoms with Crippen molar-refractivity contribution >= 4 is 10.0 Å². The molecule has 3 rings (SSSR count). The standard InChI is InChI=1S/C14H16N4O3S/c15-7-4-14(18-9-2-8-16-18)5-10-17(11-6-14)22(19,20)13-3-1-12-21-13/h1-3,8-9,12H,4-6,10-11H2. The average Bonchev–Trinajstić information content (AvgIpc) is 3.22. The van der Waals surface area contributed by atoms with Crippen molar-refractivity contribution in [1.82, 2.24) is 14.1 Å². The van der Waals surface area contributed by atoms with Crippen molar-refractivity contribution in [2.45, 2.75) is 29.9 Å². The molecule has 1 fully saturated rings. The summed E-state index contributed by atoms with van der Waals surface area (Å²) in [6, 6.07) is 7.01. The van der Waals surface area contributed by atoms with Gasteiger partial charge in [0.25, 0.3) is 10.0 Å². The van der Waals surface area contributed by atoms with Crippen molar-refractivity contribution < 1.29 is 12.8 Å². The maximum Gasteiger partial charge on any atom is 0.276 e. The van der Waals surface area contributed by atoms with E-state index >= 15 is 0 Å². The van der Waals surface area contributed by atoms with Gasteiger partial charge in [0.05, 0.1) is 24.3 Å². The van der Waals surface area contributed by atoms with Crippen molar-refractivity contribution in [3.05, 3.63) is 36.9 Å². The molecule has 22 heavy (non-hydrogen) atoms. The second-order valence-corrected chi connectivity index (χ2v) is 7.21. The van der Waals surface area contributed by atoms with Crippen LogP contribution in [0.25, 0.3) is 0 Å². The van der Waals surface area contributed by atoms with Crippen molar-refractivity contribution in [2.75, 3.05) is 13.1 Å². The Kier molecular flexibility index (Phi) is 3.76. The number of piperidine rings is 1. The monoisotopic (exact) mass is 320 g/mol. The smallest absolute Gasteiger partial charge is 0.276 e. The summed E-state index contributed by atoms with van der Waals surface area (Å²) in [5.41, 5.74) is -0.437. The Morgan fingerprint density at radius 3 is 2.68 bits per heavy atom. The van der Waals surface area contributed by atoms with Gasteiger partial charge in [0, 0.05) is 25.5 Å². The summed E-state index contributed by atoms with van der Waals surface area (Å²) in [5.74, 6) is 0. The molecule has 116 valence electrons. The van der Waals surface area contributed by atoms with E-state index in [0.29, 0.717) is 32.4 Å². The van der Waals surface area contributed by atoms with Crippen molar-refractivity contribution in [2.24, 2.45) is 0 Å². The topological polar surface area (TPSA) is 92.1 Å². The maximum absolute atomic E-state index is 12.4. The first-order valence-corrected chi connectivity index (χ1v) is 8.43. The lowest BCUT2D eigenvalue weighted by Gasteiger charge is -2.39. The SMILES string of the molecule is N#CCC1(n2cccn2)CCN(S(=O)(=O)c2ccco2)CC1. The molecule has 0 aliphatic carbocycles. The van der Waals surface area contributed by atoms with Crippen LogP contribution >= 0.6 is 0 Å². The summed E-state index contributed by atoms with van der Waals surface area (Å²) in [5, 5.41) is 13.3. The Morgan fingerprint density at radius 1 is 1.36 bits per heavy atom. The fourth-order valence-electron chi connectivity index (χ4n) is 2.86. The molecule has 0 saturated carbocycles. The fraction of sp³-hybridized carbons (Fsp3) is 0.429. The van der Waals surface area contributed by atoms with E-state index in [9.17, 15) is 8.42 Å².